The number of benzene rings is 1. The van der Waals surface area contributed by atoms with Crippen molar-refractivity contribution in [3.63, 3.8) is 0 Å². The zero-order chi connectivity index (χ0) is 17.2. The van der Waals surface area contributed by atoms with Crippen LogP contribution in [0.2, 0.25) is 0 Å². The fourth-order valence-electron chi connectivity index (χ4n) is 2.42. The number of carbonyl (C=O) groups is 2. The summed E-state index contributed by atoms with van der Waals surface area (Å²) in [5.41, 5.74) is 1.11. The Morgan fingerprint density at radius 2 is 1.83 bits per heavy atom. The van der Waals surface area contributed by atoms with Gasteiger partial charge in [0.25, 0.3) is 0 Å². The lowest BCUT2D eigenvalue weighted by Crippen LogP contribution is -2.48. The molecule has 0 saturated heterocycles. The zero-order valence-corrected chi connectivity index (χ0v) is 14.1. The average molecular weight is 321 g/mol. The number of carboxylic acid groups (broad SMARTS) is 1. The van der Waals surface area contributed by atoms with Gasteiger partial charge in [-0.2, -0.15) is 0 Å². The predicted octanol–water partition coefficient (Wildman–Crippen LogP) is 2.64. The van der Waals surface area contributed by atoms with E-state index in [2.05, 4.69) is 5.32 Å². The average Bonchev–Trinajstić information content (AvgIpc) is 2.50. The van der Waals surface area contributed by atoms with Crippen molar-refractivity contribution in [1.82, 2.24) is 5.32 Å². The molecule has 0 heterocycles. The Hall–Kier alpha value is -1.88. The Morgan fingerprint density at radius 3 is 2.35 bits per heavy atom. The second kappa shape index (κ2) is 10.0. The second-order valence-corrected chi connectivity index (χ2v) is 6.02. The maximum absolute atomic E-state index is 12.1. The molecule has 1 unspecified atom stereocenters. The van der Waals surface area contributed by atoms with E-state index in [1.165, 1.54) is 0 Å². The molecule has 2 atom stereocenters. The van der Waals surface area contributed by atoms with Crippen molar-refractivity contribution in [2.24, 2.45) is 5.92 Å². The molecule has 0 aliphatic carbocycles. The summed E-state index contributed by atoms with van der Waals surface area (Å²) in [6.45, 7) is 5.95. The highest BCUT2D eigenvalue weighted by atomic mass is 16.5. The molecular formula is C18H27NO4. The summed E-state index contributed by atoms with van der Waals surface area (Å²) in [6, 6.07) is 8.45. The Labute approximate surface area is 138 Å². The molecule has 1 aromatic rings. The quantitative estimate of drug-likeness (QED) is 0.648. The minimum atomic E-state index is -0.937. The zero-order valence-electron chi connectivity index (χ0n) is 14.1. The Balaban J connectivity index is 2.74. The van der Waals surface area contributed by atoms with Gasteiger partial charge in [-0.1, -0.05) is 44.2 Å². The van der Waals surface area contributed by atoms with Crippen molar-refractivity contribution in [1.29, 1.82) is 0 Å². The van der Waals surface area contributed by atoms with Gasteiger partial charge in [0.2, 0.25) is 0 Å². The minimum absolute atomic E-state index is 0.223. The van der Waals surface area contributed by atoms with Crippen molar-refractivity contribution in [3.8, 4) is 0 Å². The molecule has 5 heteroatoms. The van der Waals surface area contributed by atoms with Crippen LogP contribution in [0.25, 0.3) is 0 Å². The third kappa shape index (κ3) is 7.28. The molecule has 128 valence electrons. The highest BCUT2D eigenvalue weighted by Gasteiger charge is 2.27. The molecule has 0 amide bonds. The van der Waals surface area contributed by atoms with E-state index in [0.29, 0.717) is 19.3 Å². The van der Waals surface area contributed by atoms with Gasteiger partial charge in [0, 0.05) is 0 Å². The van der Waals surface area contributed by atoms with Crippen molar-refractivity contribution in [2.75, 3.05) is 6.61 Å². The first-order valence-corrected chi connectivity index (χ1v) is 8.13. The lowest BCUT2D eigenvalue weighted by Gasteiger charge is -2.23. The summed E-state index contributed by atoms with van der Waals surface area (Å²) in [4.78, 5) is 23.5. The third-order valence-electron chi connectivity index (χ3n) is 3.54. The topological polar surface area (TPSA) is 75.6 Å². The normalized spacial score (nSPS) is 13.6. The van der Waals surface area contributed by atoms with Crippen LogP contribution in [-0.4, -0.2) is 35.7 Å². The van der Waals surface area contributed by atoms with Crippen LogP contribution in [-0.2, 0) is 20.7 Å². The van der Waals surface area contributed by atoms with Crippen molar-refractivity contribution in [2.45, 2.75) is 52.1 Å². The summed E-state index contributed by atoms with van der Waals surface area (Å²) in [6.07, 6.45) is 1.66. The summed E-state index contributed by atoms with van der Waals surface area (Å²) in [7, 11) is 0. The SMILES string of the molecule is CCOC(=O)[C@H](CCc1ccccc1)NC(CC(C)C)C(=O)O. The maximum Gasteiger partial charge on any atom is 0.323 e. The minimum Gasteiger partial charge on any atom is -0.480 e. The van der Waals surface area contributed by atoms with E-state index in [1.54, 1.807) is 6.92 Å². The first-order chi connectivity index (χ1) is 10.9. The number of ether oxygens (including phenoxy) is 1. The van der Waals surface area contributed by atoms with Gasteiger partial charge in [-0.05, 0) is 37.7 Å². The van der Waals surface area contributed by atoms with Crippen molar-refractivity contribution in [3.05, 3.63) is 35.9 Å². The lowest BCUT2D eigenvalue weighted by atomic mass is 10.0. The molecule has 23 heavy (non-hydrogen) atoms. The van der Waals surface area contributed by atoms with Gasteiger partial charge in [0.05, 0.1) is 6.61 Å². The van der Waals surface area contributed by atoms with E-state index in [4.69, 9.17) is 4.74 Å². The van der Waals surface area contributed by atoms with Gasteiger partial charge >= 0.3 is 11.9 Å². The monoisotopic (exact) mass is 321 g/mol. The summed E-state index contributed by atoms with van der Waals surface area (Å²) >= 11 is 0. The van der Waals surface area contributed by atoms with Crippen LogP contribution >= 0.6 is 0 Å². The van der Waals surface area contributed by atoms with E-state index < -0.39 is 24.0 Å². The van der Waals surface area contributed by atoms with E-state index in [9.17, 15) is 14.7 Å². The fraction of sp³-hybridized carbons (Fsp3) is 0.556. The van der Waals surface area contributed by atoms with Gasteiger partial charge in [-0.15, -0.1) is 0 Å². The number of hydrogen-bond donors (Lipinski definition) is 2. The molecular weight excluding hydrogens is 294 g/mol. The summed E-state index contributed by atoms with van der Waals surface area (Å²) in [5, 5.41) is 12.3. The van der Waals surface area contributed by atoms with E-state index >= 15 is 0 Å². The van der Waals surface area contributed by atoms with Crippen LogP contribution in [0.3, 0.4) is 0 Å². The number of nitrogens with one attached hydrogen (secondary N) is 1. The third-order valence-corrected chi connectivity index (χ3v) is 3.54. The molecule has 0 aliphatic heterocycles. The van der Waals surface area contributed by atoms with E-state index in [0.717, 1.165) is 5.56 Å². The van der Waals surface area contributed by atoms with Crippen LogP contribution in [0.4, 0.5) is 0 Å². The smallest absolute Gasteiger partial charge is 0.323 e. The predicted molar refractivity (Wildman–Crippen MR) is 89.2 cm³/mol. The van der Waals surface area contributed by atoms with Gasteiger partial charge in [-0.25, -0.2) is 0 Å². The molecule has 1 rings (SSSR count). The second-order valence-electron chi connectivity index (χ2n) is 6.02. The first kappa shape index (κ1) is 19.2. The van der Waals surface area contributed by atoms with Crippen LogP contribution in [0.15, 0.2) is 30.3 Å². The first-order valence-electron chi connectivity index (χ1n) is 8.13. The number of rotatable bonds is 10. The number of esters is 1. The van der Waals surface area contributed by atoms with Crippen LogP contribution in [0.1, 0.15) is 39.2 Å². The van der Waals surface area contributed by atoms with Gasteiger partial charge < -0.3 is 9.84 Å². The maximum atomic E-state index is 12.1. The van der Waals surface area contributed by atoms with E-state index in [-0.39, 0.29) is 12.5 Å². The highest BCUT2D eigenvalue weighted by molar-refractivity contribution is 5.78. The molecule has 1 aromatic carbocycles. The van der Waals surface area contributed by atoms with Crippen molar-refractivity contribution >= 4 is 11.9 Å². The number of carbonyl (C=O) groups excluding carboxylic acids is 1. The largest absolute Gasteiger partial charge is 0.480 e. The molecule has 0 radical (unpaired) electrons. The molecule has 0 spiro atoms. The highest BCUT2D eigenvalue weighted by Crippen LogP contribution is 2.11. The Bertz CT molecular complexity index is 487. The summed E-state index contributed by atoms with van der Waals surface area (Å²) in [5.74, 6) is -1.10. The standard InChI is InChI=1S/C18H27NO4/c1-4-23-18(22)15(11-10-14-8-6-5-7-9-14)19-16(17(20)21)12-13(2)3/h5-9,13,15-16,19H,4,10-12H2,1-3H3,(H,20,21)/t15-,16?/m0/s1. The van der Waals surface area contributed by atoms with Crippen LogP contribution in [0, 0.1) is 5.92 Å². The summed E-state index contributed by atoms with van der Waals surface area (Å²) < 4.78 is 5.08. The van der Waals surface area contributed by atoms with Crippen LogP contribution in [0.5, 0.6) is 0 Å². The van der Waals surface area contributed by atoms with Gasteiger partial charge in [0.1, 0.15) is 12.1 Å². The molecule has 0 fully saturated rings. The molecule has 0 saturated carbocycles. The number of hydrogen-bond acceptors (Lipinski definition) is 4. The molecule has 2 N–H and O–H groups in total. The van der Waals surface area contributed by atoms with Crippen LogP contribution < -0.4 is 5.32 Å². The molecule has 5 nitrogen and oxygen atoms in total. The lowest BCUT2D eigenvalue weighted by molar-refractivity contribution is -0.147. The molecule has 0 aliphatic rings. The van der Waals surface area contributed by atoms with Gasteiger partial charge in [-0.3, -0.25) is 14.9 Å². The Morgan fingerprint density at radius 1 is 1.17 bits per heavy atom. The van der Waals surface area contributed by atoms with Crippen molar-refractivity contribution < 1.29 is 19.4 Å². The Kier molecular flexibility index (Phi) is 8.33. The molecule has 0 bridgehead atoms. The van der Waals surface area contributed by atoms with Gasteiger partial charge in [0.15, 0.2) is 0 Å². The number of carboxylic acids is 1. The van der Waals surface area contributed by atoms with E-state index in [1.807, 2.05) is 44.2 Å². The molecule has 0 aromatic heterocycles. The number of aryl methyl sites for hydroxylation is 1. The number of aliphatic carboxylic acids is 1. The fourth-order valence-corrected chi connectivity index (χ4v) is 2.42.